The van der Waals surface area contributed by atoms with E-state index in [1.54, 1.807) is 25.4 Å². The van der Waals surface area contributed by atoms with Crippen molar-refractivity contribution in [3.05, 3.63) is 28.5 Å². The Kier molecular flexibility index (Phi) is 3.65. The van der Waals surface area contributed by atoms with Crippen LogP contribution in [0, 0.1) is 0 Å². The van der Waals surface area contributed by atoms with Crippen molar-refractivity contribution in [2.75, 3.05) is 13.7 Å². The standard InChI is InChI=1S/C8H10BrNO2/c1-12-5-7(11)6-2-3-8(9)10-4-6/h2-4,7,11H,5H2,1H3. The van der Waals surface area contributed by atoms with Crippen LogP contribution in [0.15, 0.2) is 22.9 Å². The zero-order valence-corrected chi connectivity index (χ0v) is 8.28. The second-order valence-corrected chi connectivity index (χ2v) is 3.20. The number of hydrogen-bond donors (Lipinski definition) is 1. The second-order valence-electron chi connectivity index (χ2n) is 2.39. The van der Waals surface area contributed by atoms with Gasteiger partial charge in [-0.15, -0.1) is 0 Å². The molecule has 1 aromatic heterocycles. The molecule has 0 amide bonds. The average Bonchev–Trinajstić information content (AvgIpc) is 2.06. The quantitative estimate of drug-likeness (QED) is 0.803. The zero-order valence-electron chi connectivity index (χ0n) is 6.70. The summed E-state index contributed by atoms with van der Waals surface area (Å²) in [5, 5.41) is 9.43. The molecule has 0 aliphatic rings. The number of halogens is 1. The largest absolute Gasteiger partial charge is 0.386 e. The topological polar surface area (TPSA) is 42.4 Å². The number of methoxy groups -OCH3 is 1. The smallest absolute Gasteiger partial charge is 0.106 e. The number of aliphatic hydroxyl groups excluding tert-OH is 1. The molecule has 1 N–H and O–H groups in total. The van der Waals surface area contributed by atoms with Crippen molar-refractivity contribution in [3.63, 3.8) is 0 Å². The summed E-state index contributed by atoms with van der Waals surface area (Å²) in [6.07, 6.45) is 1.03. The molecule has 3 nitrogen and oxygen atoms in total. The number of nitrogens with zero attached hydrogens (tertiary/aromatic N) is 1. The lowest BCUT2D eigenvalue weighted by molar-refractivity contribution is 0.0642. The lowest BCUT2D eigenvalue weighted by atomic mass is 10.2. The molecule has 0 aliphatic heterocycles. The van der Waals surface area contributed by atoms with Crippen LogP contribution in [0.3, 0.4) is 0 Å². The van der Waals surface area contributed by atoms with E-state index in [0.29, 0.717) is 6.61 Å². The molecule has 1 rings (SSSR count). The molecular formula is C8H10BrNO2. The Bertz CT molecular complexity index is 237. The van der Waals surface area contributed by atoms with Crippen LogP contribution < -0.4 is 0 Å². The maximum atomic E-state index is 9.43. The predicted octanol–water partition coefficient (Wildman–Crippen LogP) is 1.52. The highest BCUT2D eigenvalue weighted by Gasteiger charge is 2.06. The van der Waals surface area contributed by atoms with Crippen LogP contribution in [-0.4, -0.2) is 23.8 Å². The van der Waals surface area contributed by atoms with Gasteiger partial charge in [-0.05, 0) is 22.0 Å². The van der Waals surface area contributed by atoms with Gasteiger partial charge in [0, 0.05) is 18.9 Å². The van der Waals surface area contributed by atoms with Gasteiger partial charge in [0.1, 0.15) is 10.7 Å². The van der Waals surface area contributed by atoms with Crippen molar-refractivity contribution >= 4 is 15.9 Å². The molecule has 4 heteroatoms. The summed E-state index contributed by atoms with van der Waals surface area (Å²) in [6.45, 7) is 0.295. The van der Waals surface area contributed by atoms with Crippen LogP contribution in [0.5, 0.6) is 0 Å². The fourth-order valence-electron chi connectivity index (χ4n) is 0.838. The van der Waals surface area contributed by atoms with Crippen molar-refractivity contribution in [2.24, 2.45) is 0 Å². The Balaban J connectivity index is 2.68. The van der Waals surface area contributed by atoms with Crippen molar-refractivity contribution in [3.8, 4) is 0 Å². The van der Waals surface area contributed by atoms with Gasteiger partial charge in [0.05, 0.1) is 6.61 Å². The Labute approximate surface area is 79.5 Å². The van der Waals surface area contributed by atoms with Gasteiger partial charge < -0.3 is 9.84 Å². The van der Waals surface area contributed by atoms with Gasteiger partial charge in [0.25, 0.3) is 0 Å². The van der Waals surface area contributed by atoms with Crippen LogP contribution >= 0.6 is 15.9 Å². The third-order valence-electron chi connectivity index (χ3n) is 1.46. The number of aliphatic hydroxyl groups is 1. The molecule has 0 saturated heterocycles. The first kappa shape index (κ1) is 9.64. The fourth-order valence-corrected chi connectivity index (χ4v) is 1.07. The molecule has 12 heavy (non-hydrogen) atoms. The zero-order chi connectivity index (χ0) is 8.97. The first-order chi connectivity index (χ1) is 5.74. The fraction of sp³-hybridized carbons (Fsp3) is 0.375. The van der Waals surface area contributed by atoms with Gasteiger partial charge in [-0.25, -0.2) is 4.98 Å². The van der Waals surface area contributed by atoms with Gasteiger partial charge >= 0.3 is 0 Å². The summed E-state index contributed by atoms with van der Waals surface area (Å²) in [6, 6.07) is 3.59. The molecule has 0 spiro atoms. The first-order valence-corrected chi connectivity index (χ1v) is 4.32. The number of hydrogen-bond acceptors (Lipinski definition) is 3. The number of aromatic nitrogens is 1. The lowest BCUT2D eigenvalue weighted by Crippen LogP contribution is -2.05. The summed E-state index contributed by atoms with van der Waals surface area (Å²) >= 11 is 3.21. The van der Waals surface area contributed by atoms with Gasteiger partial charge in [0.15, 0.2) is 0 Å². The minimum atomic E-state index is -0.587. The normalized spacial score (nSPS) is 12.9. The molecule has 1 atom stereocenters. The Morgan fingerprint density at radius 2 is 2.42 bits per heavy atom. The van der Waals surface area contributed by atoms with Crippen LogP contribution in [0.1, 0.15) is 11.7 Å². The first-order valence-electron chi connectivity index (χ1n) is 3.52. The SMILES string of the molecule is COCC(O)c1ccc(Br)nc1. The molecule has 1 heterocycles. The summed E-state index contributed by atoms with van der Waals surface area (Å²) in [5.41, 5.74) is 0.764. The van der Waals surface area contributed by atoms with Crippen LogP contribution in [-0.2, 0) is 4.74 Å². The van der Waals surface area contributed by atoms with Gasteiger partial charge in [0.2, 0.25) is 0 Å². The number of pyridine rings is 1. The van der Waals surface area contributed by atoms with Gasteiger partial charge in [-0.2, -0.15) is 0 Å². The van der Waals surface area contributed by atoms with Crippen molar-refractivity contribution in [1.82, 2.24) is 4.98 Å². The summed E-state index contributed by atoms with van der Waals surface area (Å²) in [7, 11) is 1.55. The van der Waals surface area contributed by atoms with E-state index < -0.39 is 6.10 Å². The van der Waals surface area contributed by atoms with E-state index in [4.69, 9.17) is 4.74 Å². The minimum Gasteiger partial charge on any atom is -0.386 e. The molecule has 0 aliphatic carbocycles. The molecule has 0 aromatic carbocycles. The number of rotatable bonds is 3. The monoisotopic (exact) mass is 231 g/mol. The van der Waals surface area contributed by atoms with Gasteiger partial charge in [-0.1, -0.05) is 6.07 Å². The van der Waals surface area contributed by atoms with Crippen LogP contribution in [0.2, 0.25) is 0 Å². The molecule has 1 unspecified atom stereocenters. The summed E-state index contributed by atoms with van der Waals surface area (Å²) < 4.78 is 5.56. The highest BCUT2D eigenvalue weighted by Crippen LogP contribution is 2.13. The van der Waals surface area contributed by atoms with E-state index in [1.165, 1.54) is 0 Å². The van der Waals surface area contributed by atoms with E-state index >= 15 is 0 Å². The summed E-state index contributed by atoms with van der Waals surface area (Å²) in [4.78, 5) is 3.98. The maximum Gasteiger partial charge on any atom is 0.106 e. The van der Waals surface area contributed by atoms with Gasteiger partial charge in [-0.3, -0.25) is 0 Å². The maximum absolute atomic E-state index is 9.43. The Hall–Kier alpha value is -0.450. The molecule has 0 fully saturated rings. The van der Waals surface area contributed by atoms with Crippen molar-refractivity contribution < 1.29 is 9.84 Å². The van der Waals surface area contributed by atoms with E-state index in [9.17, 15) is 5.11 Å². The second kappa shape index (κ2) is 4.54. The molecular weight excluding hydrogens is 222 g/mol. The summed E-state index contributed by atoms with van der Waals surface area (Å²) in [5.74, 6) is 0. The molecule has 1 aromatic rings. The third kappa shape index (κ3) is 2.55. The van der Waals surface area contributed by atoms with Crippen molar-refractivity contribution in [1.29, 1.82) is 0 Å². The average molecular weight is 232 g/mol. The van der Waals surface area contributed by atoms with E-state index in [0.717, 1.165) is 10.2 Å². The van der Waals surface area contributed by atoms with E-state index in [1.807, 2.05) is 0 Å². The van der Waals surface area contributed by atoms with Crippen molar-refractivity contribution in [2.45, 2.75) is 6.10 Å². The molecule has 0 saturated carbocycles. The lowest BCUT2D eigenvalue weighted by Gasteiger charge is -2.08. The highest BCUT2D eigenvalue weighted by atomic mass is 79.9. The molecule has 0 bridgehead atoms. The van der Waals surface area contributed by atoms with E-state index in [-0.39, 0.29) is 0 Å². The molecule has 66 valence electrons. The van der Waals surface area contributed by atoms with Crippen LogP contribution in [0.4, 0.5) is 0 Å². The van der Waals surface area contributed by atoms with Crippen LogP contribution in [0.25, 0.3) is 0 Å². The Morgan fingerprint density at radius 3 is 2.92 bits per heavy atom. The number of ether oxygens (including phenoxy) is 1. The Morgan fingerprint density at radius 1 is 1.67 bits per heavy atom. The third-order valence-corrected chi connectivity index (χ3v) is 1.93. The highest BCUT2D eigenvalue weighted by molar-refractivity contribution is 9.10. The minimum absolute atomic E-state index is 0.295. The predicted molar refractivity (Wildman–Crippen MR) is 48.8 cm³/mol. The molecule has 0 radical (unpaired) electrons. The van der Waals surface area contributed by atoms with E-state index in [2.05, 4.69) is 20.9 Å².